The molecule has 0 bridgehead atoms. The van der Waals surface area contributed by atoms with Crippen LogP contribution in [0, 0.1) is 0 Å². The Labute approximate surface area is 423 Å². The molecular formula is C53H98O15P2. The van der Waals surface area contributed by atoms with E-state index in [0.717, 1.165) is 70.6 Å². The van der Waals surface area contributed by atoms with Gasteiger partial charge in [0, 0.05) is 12.8 Å². The Morgan fingerprint density at radius 1 is 0.371 bits per heavy atom. The van der Waals surface area contributed by atoms with Gasteiger partial charge in [0.1, 0.15) is 31.5 Å². The van der Waals surface area contributed by atoms with Gasteiger partial charge in [0.2, 0.25) is 0 Å². The molecule has 5 unspecified atom stereocenters. The van der Waals surface area contributed by atoms with Crippen LogP contribution in [0.5, 0.6) is 0 Å². The number of aliphatic hydroxyl groups is 3. The van der Waals surface area contributed by atoms with Crippen LogP contribution in [0.15, 0.2) is 48.6 Å². The summed E-state index contributed by atoms with van der Waals surface area (Å²) >= 11 is 0. The summed E-state index contributed by atoms with van der Waals surface area (Å²) in [5.41, 5.74) is 0. The van der Waals surface area contributed by atoms with Crippen molar-refractivity contribution in [3.05, 3.63) is 48.6 Å². The number of hydrogen-bond acceptors (Lipinski definition) is 13. The van der Waals surface area contributed by atoms with Crippen LogP contribution < -0.4 is 0 Å². The average Bonchev–Trinajstić information content (AvgIpc) is 3.34. The number of hydrogen-bond donors (Lipinski definition) is 5. The Balaban J connectivity index is 3.85. The molecule has 70 heavy (non-hydrogen) atoms. The average molecular weight is 1040 g/mol. The third kappa shape index (κ3) is 50.9. The molecule has 15 nitrogen and oxygen atoms in total. The third-order valence-electron chi connectivity index (χ3n) is 11.3. The minimum atomic E-state index is -4.79. The number of ether oxygens (including phenoxy) is 2. The molecule has 0 aromatic heterocycles. The molecule has 5 atom stereocenters. The zero-order valence-electron chi connectivity index (χ0n) is 43.4. The Hall–Kier alpha value is -2.00. The van der Waals surface area contributed by atoms with Crippen molar-refractivity contribution in [1.82, 2.24) is 0 Å². The van der Waals surface area contributed by atoms with E-state index in [1.54, 1.807) is 0 Å². The van der Waals surface area contributed by atoms with Crippen LogP contribution in [-0.2, 0) is 46.3 Å². The summed E-state index contributed by atoms with van der Waals surface area (Å²) in [5.74, 6) is -1.00. The molecule has 0 aromatic carbocycles. The van der Waals surface area contributed by atoms with E-state index in [0.29, 0.717) is 12.8 Å². The first kappa shape index (κ1) is 68.0. The molecule has 0 aliphatic heterocycles. The molecule has 0 radical (unpaired) electrons. The quantitative estimate of drug-likeness (QED) is 0.0165. The number of phosphoric ester groups is 2. The van der Waals surface area contributed by atoms with Crippen LogP contribution in [0.3, 0.4) is 0 Å². The number of esters is 2. The summed E-state index contributed by atoms with van der Waals surface area (Å²) in [5, 5.41) is 30.1. The van der Waals surface area contributed by atoms with E-state index in [-0.39, 0.29) is 12.8 Å². The van der Waals surface area contributed by atoms with Crippen molar-refractivity contribution in [3.8, 4) is 0 Å². The summed E-state index contributed by atoms with van der Waals surface area (Å²) in [4.78, 5) is 43.9. The summed E-state index contributed by atoms with van der Waals surface area (Å²) in [7, 11) is -9.58. The minimum absolute atomic E-state index is 0.187. The number of phosphoric acid groups is 2. The first-order chi connectivity index (χ1) is 33.8. The summed E-state index contributed by atoms with van der Waals surface area (Å²) in [6.45, 7) is 0.403. The maximum Gasteiger partial charge on any atom is 0.472 e. The van der Waals surface area contributed by atoms with Crippen molar-refractivity contribution < 1.29 is 71.4 Å². The van der Waals surface area contributed by atoms with Gasteiger partial charge in [0.05, 0.1) is 26.4 Å². The molecular weight excluding hydrogens is 939 g/mol. The predicted octanol–water partition coefficient (Wildman–Crippen LogP) is 13.2. The molecule has 0 aliphatic rings. The van der Waals surface area contributed by atoms with E-state index in [1.165, 1.54) is 109 Å². The number of rotatable bonds is 52. The van der Waals surface area contributed by atoms with Crippen LogP contribution in [0.4, 0.5) is 0 Å². The van der Waals surface area contributed by atoms with Gasteiger partial charge in [-0.2, -0.15) is 0 Å². The van der Waals surface area contributed by atoms with Crippen molar-refractivity contribution in [2.24, 2.45) is 0 Å². The van der Waals surface area contributed by atoms with Gasteiger partial charge in [-0.3, -0.25) is 27.7 Å². The van der Waals surface area contributed by atoms with Gasteiger partial charge < -0.3 is 34.6 Å². The van der Waals surface area contributed by atoms with Gasteiger partial charge in [-0.05, 0) is 77.0 Å². The molecule has 0 amide bonds. The van der Waals surface area contributed by atoms with Crippen molar-refractivity contribution in [3.63, 3.8) is 0 Å². The zero-order valence-corrected chi connectivity index (χ0v) is 45.2. The second kappa shape index (κ2) is 49.2. The van der Waals surface area contributed by atoms with E-state index in [1.807, 2.05) is 0 Å². The topological polar surface area (TPSA) is 225 Å². The highest BCUT2D eigenvalue weighted by molar-refractivity contribution is 7.47. The van der Waals surface area contributed by atoms with Crippen molar-refractivity contribution in [2.45, 2.75) is 238 Å². The summed E-state index contributed by atoms with van der Waals surface area (Å²) in [6.07, 6.45) is 48.0. The molecule has 0 saturated heterocycles. The molecule has 0 aliphatic carbocycles. The predicted molar refractivity (Wildman–Crippen MR) is 279 cm³/mol. The minimum Gasteiger partial charge on any atom is -0.463 e. The molecule has 5 N–H and O–H groups in total. The highest BCUT2D eigenvalue weighted by atomic mass is 31.2. The van der Waals surface area contributed by atoms with Crippen molar-refractivity contribution >= 4 is 27.6 Å². The number of unbranched alkanes of at least 4 members (excludes halogenated alkanes) is 24. The van der Waals surface area contributed by atoms with Crippen LogP contribution in [0.2, 0.25) is 0 Å². The molecule has 0 aromatic rings. The van der Waals surface area contributed by atoms with Gasteiger partial charge in [-0.25, -0.2) is 9.13 Å². The van der Waals surface area contributed by atoms with E-state index in [9.17, 15) is 43.8 Å². The second-order valence-electron chi connectivity index (χ2n) is 18.2. The zero-order chi connectivity index (χ0) is 51.7. The molecule has 0 saturated carbocycles. The summed E-state index contributed by atoms with van der Waals surface area (Å²) in [6, 6.07) is 0. The first-order valence-electron chi connectivity index (χ1n) is 27.0. The lowest BCUT2D eigenvalue weighted by atomic mass is 10.1. The number of carbonyl (C=O) groups is 2. The Kier molecular flexibility index (Phi) is 47.8. The normalized spacial score (nSPS) is 15.2. The van der Waals surface area contributed by atoms with E-state index >= 15 is 0 Å². The molecule has 0 heterocycles. The van der Waals surface area contributed by atoms with E-state index < -0.39 is 85.5 Å². The smallest absolute Gasteiger partial charge is 0.463 e. The molecule has 0 spiro atoms. The number of allylic oxidation sites excluding steroid dienone is 8. The van der Waals surface area contributed by atoms with Gasteiger partial charge in [-0.1, -0.05) is 178 Å². The van der Waals surface area contributed by atoms with Crippen molar-refractivity contribution in [1.29, 1.82) is 0 Å². The van der Waals surface area contributed by atoms with Gasteiger partial charge in [-0.15, -0.1) is 0 Å². The van der Waals surface area contributed by atoms with Gasteiger partial charge in [0.25, 0.3) is 0 Å². The molecule has 0 fully saturated rings. The van der Waals surface area contributed by atoms with E-state index in [2.05, 4.69) is 71.5 Å². The maximum absolute atomic E-state index is 12.2. The van der Waals surface area contributed by atoms with Crippen LogP contribution in [-0.4, -0.2) is 95.0 Å². The Morgan fingerprint density at radius 3 is 0.957 bits per heavy atom. The fourth-order valence-electron chi connectivity index (χ4n) is 7.04. The van der Waals surface area contributed by atoms with E-state index in [4.69, 9.17) is 18.5 Å². The Morgan fingerprint density at radius 2 is 0.614 bits per heavy atom. The monoisotopic (exact) mass is 1040 g/mol. The molecule has 0 rings (SSSR count). The number of aliphatic hydroxyl groups excluding tert-OH is 3. The first-order valence-corrected chi connectivity index (χ1v) is 30.0. The molecule has 17 heteroatoms. The van der Waals surface area contributed by atoms with Gasteiger partial charge in [0.15, 0.2) is 0 Å². The Bertz CT molecular complexity index is 1440. The highest BCUT2D eigenvalue weighted by Crippen LogP contribution is 2.45. The lowest BCUT2D eigenvalue weighted by Gasteiger charge is -2.19. The lowest BCUT2D eigenvalue weighted by molar-refractivity contribution is -0.148. The highest BCUT2D eigenvalue weighted by Gasteiger charge is 2.28. The maximum atomic E-state index is 12.2. The molecule has 410 valence electrons. The largest absolute Gasteiger partial charge is 0.472 e. The van der Waals surface area contributed by atoms with Gasteiger partial charge >= 0.3 is 27.6 Å². The van der Waals surface area contributed by atoms with Crippen LogP contribution in [0.1, 0.15) is 219 Å². The standard InChI is InChI=1S/C53H98O15P2/c1-3-5-7-9-11-13-15-17-19-21-22-23-24-26-28-30-32-34-36-38-40-42-53(58)64-44-50(55)46-66-70(61,62)68-48-51(56)47-67-69(59,60)65-45-49(54)43-63-52(57)41-39-37-35-33-31-29-27-25-20-18-16-14-12-10-8-6-4-2/h11,13,17-20,22-23,49-51,54-56H,3-10,12,14-16,21,24-48H2,1-2H3,(H,59,60)(H,61,62)/b13-11-,19-17-,20-18+,23-22-. The fourth-order valence-corrected chi connectivity index (χ4v) is 8.63. The second-order valence-corrected chi connectivity index (χ2v) is 21.1. The SMILES string of the molecule is CCCCC/C=C\C/C=C\C/C=C\CCCCCCCCCCC(=O)OCC(O)COP(=O)(O)OCC(O)COP(=O)(O)OCC(O)COC(=O)CCCCCCCCC/C=C/CCCCCCCC. The lowest BCUT2D eigenvalue weighted by Crippen LogP contribution is -2.25. The van der Waals surface area contributed by atoms with Crippen molar-refractivity contribution in [2.75, 3.05) is 39.6 Å². The third-order valence-corrected chi connectivity index (χ3v) is 13.2. The van der Waals surface area contributed by atoms with Crippen LogP contribution in [0.25, 0.3) is 0 Å². The fraction of sp³-hybridized carbons (Fsp3) is 0.811. The van der Waals surface area contributed by atoms with Crippen LogP contribution >= 0.6 is 15.6 Å². The summed E-state index contributed by atoms with van der Waals surface area (Å²) < 4.78 is 53.1. The number of carbonyl (C=O) groups excluding carboxylic acids is 2.